The summed E-state index contributed by atoms with van der Waals surface area (Å²) in [5, 5.41) is 6.08. The maximum Gasteiger partial charge on any atom is 0.251 e. The van der Waals surface area contributed by atoms with Crippen LogP contribution in [0, 0.1) is 6.92 Å². The van der Waals surface area contributed by atoms with Crippen molar-refractivity contribution in [3.8, 4) is 0 Å². The van der Waals surface area contributed by atoms with Crippen molar-refractivity contribution in [3.63, 3.8) is 0 Å². The van der Waals surface area contributed by atoms with Gasteiger partial charge in [-0.15, -0.1) is 0 Å². The maximum absolute atomic E-state index is 11.7. The minimum atomic E-state index is -0.0381. The highest BCUT2D eigenvalue weighted by atomic mass is 16.1. The zero-order chi connectivity index (χ0) is 11.8. The normalized spacial score (nSPS) is 10.1. The third kappa shape index (κ3) is 4.40. The molecular formula is C12H19N3O. The van der Waals surface area contributed by atoms with Gasteiger partial charge in [-0.1, -0.05) is 6.92 Å². The number of amides is 1. The largest absolute Gasteiger partial charge is 0.351 e. The van der Waals surface area contributed by atoms with E-state index in [1.807, 2.05) is 6.92 Å². The lowest BCUT2D eigenvalue weighted by molar-refractivity contribution is 0.0953. The summed E-state index contributed by atoms with van der Waals surface area (Å²) in [4.78, 5) is 15.7. The summed E-state index contributed by atoms with van der Waals surface area (Å²) in [7, 11) is 0. The third-order valence-corrected chi connectivity index (χ3v) is 2.17. The quantitative estimate of drug-likeness (QED) is 0.708. The summed E-state index contributed by atoms with van der Waals surface area (Å²) < 4.78 is 0. The molecule has 1 aromatic rings. The molecule has 0 aliphatic rings. The Balaban J connectivity index is 2.30. The van der Waals surface area contributed by atoms with Crippen LogP contribution in [0.3, 0.4) is 0 Å². The molecule has 2 N–H and O–H groups in total. The minimum Gasteiger partial charge on any atom is -0.351 e. The lowest BCUT2D eigenvalue weighted by atomic mass is 10.2. The second-order valence-corrected chi connectivity index (χ2v) is 3.69. The van der Waals surface area contributed by atoms with Crippen LogP contribution >= 0.6 is 0 Å². The second kappa shape index (κ2) is 6.95. The van der Waals surface area contributed by atoms with E-state index in [4.69, 9.17) is 0 Å². The average Bonchev–Trinajstić information content (AvgIpc) is 2.28. The fourth-order valence-corrected chi connectivity index (χ4v) is 1.36. The van der Waals surface area contributed by atoms with E-state index in [9.17, 15) is 4.79 Å². The van der Waals surface area contributed by atoms with Gasteiger partial charge in [0.05, 0.1) is 0 Å². The summed E-state index contributed by atoms with van der Waals surface area (Å²) in [6.45, 7) is 6.44. The first kappa shape index (κ1) is 12.6. The predicted molar refractivity (Wildman–Crippen MR) is 64.5 cm³/mol. The van der Waals surface area contributed by atoms with Crippen LogP contribution in [0.25, 0.3) is 0 Å². The summed E-state index contributed by atoms with van der Waals surface area (Å²) in [6.07, 6.45) is 2.76. The van der Waals surface area contributed by atoms with Gasteiger partial charge in [0, 0.05) is 30.5 Å². The van der Waals surface area contributed by atoms with Gasteiger partial charge < -0.3 is 10.6 Å². The number of carbonyl (C=O) groups is 1. The Labute approximate surface area is 96.5 Å². The van der Waals surface area contributed by atoms with E-state index < -0.39 is 0 Å². The van der Waals surface area contributed by atoms with Gasteiger partial charge in [0.25, 0.3) is 5.91 Å². The van der Waals surface area contributed by atoms with Crippen molar-refractivity contribution in [1.82, 2.24) is 15.6 Å². The lowest BCUT2D eigenvalue weighted by Crippen LogP contribution is -2.32. The van der Waals surface area contributed by atoms with Gasteiger partial charge in [0.1, 0.15) is 0 Å². The highest BCUT2D eigenvalue weighted by Crippen LogP contribution is 1.99. The van der Waals surface area contributed by atoms with Crippen LogP contribution in [-0.2, 0) is 0 Å². The lowest BCUT2D eigenvalue weighted by Gasteiger charge is -2.06. The smallest absolute Gasteiger partial charge is 0.251 e. The van der Waals surface area contributed by atoms with Crippen LogP contribution in [0.2, 0.25) is 0 Å². The molecule has 0 unspecified atom stereocenters. The molecule has 0 aliphatic carbocycles. The molecule has 1 rings (SSSR count). The number of hydrogen-bond acceptors (Lipinski definition) is 3. The first-order chi connectivity index (χ1) is 7.74. The summed E-state index contributed by atoms with van der Waals surface area (Å²) in [5.41, 5.74) is 1.53. The van der Waals surface area contributed by atoms with Crippen LogP contribution in [0.5, 0.6) is 0 Å². The van der Waals surface area contributed by atoms with E-state index in [-0.39, 0.29) is 5.91 Å². The van der Waals surface area contributed by atoms with E-state index in [1.165, 1.54) is 0 Å². The van der Waals surface area contributed by atoms with E-state index in [1.54, 1.807) is 18.3 Å². The summed E-state index contributed by atoms with van der Waals surface area (Å²) in [5.74, 6) is -0.0381. The van der Waals surface area contributed by atoms with Crippen LogP contribution in [0.4, 0.5) is 0 Å². The molecule has 0 aromatic carbocycles. The van der Waals surface area contributed by atoms with Crippen molar-refractivity contribution >= 4 is 5.91 Å². The molecule has 0 atom stereocenters. The number of hydrogen-bond donors (Lipinski definition) is 2. The number of pyridine rings is 1. The number of nitrogens with one attached hydrogen (secondary N) is 2. The summed E-state index contributed by atoms with van der Waals surface area (Å²) in [6, 6.07) is 3.51. The van der Waals surface area contributed by atoms with E-state index in [2.05, 4.69) is 22.5 Å². The van der Waals surface area contributed by atoms with Crippen LogP contribution in [0.1, 0.15) is 29.4 Å². The number of aryl methyl sites for hydroxylation is 1. The molecule has 0 saturated heterocycles. The number of rotatable bonds is 6. The Morgan fingerprint density at radius 1 is 1.38 bits per heavy atom. The van der Waals surface area contributed by atoms with Crippen LogP contribution in [0.15, 0.2) is 18.3 Å². The Bertz CT molecular complexity index is 339. The van der Waals surface area contributed by atoms with Crippen molar-refractivity contribution in [2.24, 2.45) is 0 Å². The average molecular weight is 221 g/mol. The van der Waals surface area contributed by atoms with Crippen molar-refractivity contribution in [1.29, 1.82) is 0 Å². The van der Waals surface area contributed by atoms with Crippen molar-refractivity contribution in [2.45, 2.75) is 20.3 Å². The highest BCUT2D eigenvalue weighted by molar-refractivity contribution is 5.94. The third-order valence-electron chi connectivity index (χ3n) is 2.17. The predicted octanol–water partition coefficient (Wildman–Crippen LogP) is 1.12. The SMILES string of the molecule is CCCNCCNC(=O)c1ccnc(C)c1. The molecule has 16 heavy (non-hydrogen) atoms. The van der Waals surface area contributed by atoms with Gasteiger partial charge >= 0.3 is 0 Å². The maximum atomic E-state index is 11.7. The Hall–Kier alpha value is -1.42. The van der Waals surface area contributed by atoms with E-state index in [0.717, 1.165) is 25.2 Å². The molecule has 4 heteroatoms. The fraction of sp³-hybridized carbons (Fsp3) is 0.500. The topological polar surface area (TPSA) is 54.0 Å². The number of nitrogens with zero attached hydrogens (tertiary/aromatic N) is 1. The molecule has 1 aromatic heterocycles. The van der Waals surface area contributed by atoms with Gasteiger partial charge in [-0.25, -0.2) is 0 Å². The molecule has 0 aliphatic heterocycles. The fourth-order valence-electron chi connectivity index (χ4n) is 1.36. The molecule has 0 saturated carbocycles. The highest BCUT2D eigenvalue weighted by Gasteiger charge is 2.03. The molecule has 88 valence electrons. The molecule has 1 amide bonds. The number of aromatic nitrogens is 1. The zero-order valence-corrected chi connectivity index (χ0v) is 9.92. The van der Waals surface area contributed by atoms with Gasteiger partial charge in [0.2, 0.25) is 0 Å². The molecule has 0 bridgehead atoms. The minimum absolute atomic E-state index is 0.0381. The standard InChI is InChI=1S/C12H19N3O/c1-3-5-13-7-8-15-12(16)11-4-6-14-10(2)9-11/h4,6,9,13H,3,5,7-8H2,1-2H3,(H,15,16). The Kier molecular flexibility index (Phi) is 5.50. The Morgan fingerprint density at radius 3 is 2.88 bits per heavy atom. The van der Waals surface area contributed by atoms with Gasteiger partial charge in [-0.05, 0) is 32.0 Å². The molecule has 4 nitrogen and oxygen atoms in total. The molecule has 0 fully saturated rings. The van der Waals surface area contributed by atoms with E-state index in [0.29, 0.717) is 12.1 Å². The first-order valence-electron chi connectivity index (χ1n) is 5.65. The zero-order valence-electron chi connectivity index (χ0n) is 9.92. The van der Waals surface area contributed by atoms with E-state index >= 15 is 0 Å². The van der Waals surface area contributed by atoms with Crippen molar-refractivity contribution < 1.29 is 4.79 Å². The van der Waals surface area contributed by atoms with Gasteiger partial charge in [-0.2, -0.15) is 0 Å². The van der Waals surface area contributed by atoms with Crippen LogP contribution < -0.4 is 10.6 Å². The Morgan fingerprint density at radius 2 is 2.19 bits per heavy atom. The second-order valence-electron chi connectivity index (χ2n) is 3.69. The molecule has 0 spiro atoms. The van der Waals surface area contributed by atoms with Crippen molar-refractivity contribution in [3.05, 3.63) is 29.6 Å². The van der Waals surface area contributed by atoms with Crippen LogP contribution in [-0.4, -0.2) is 30.5 Å². The first-order valence-corrected chi connectivity index (χ1v) is 5.65. The molecule has 1 heterocycles. The number of carbonyl (C=O) groups excluding carboxylic acids is 1. The molecular weight excluding hydrogens is 202 g/mol. The van der Waals surface area contributed by atoms with Gasteiger partial charge in [0.15, 0.2) is 0 Å². The molecule has 0 radical (unpaired) electrons. The summed E-state index contributed by atoms with van der Waals surface area (Å²) >= 11 is 0. The van der Waals surface area contributed by atoms with Crippen molar-refractivity contribution in [2.75, 3.05) is 19.6 Å². The monoisotopic (exact) mass is 221 g/mol. The van der Waals surface area contributed by atoms with Gasteiger partial charge in [-0.3, -0.25) is 9.78 Å².